The summed E-state index contributed by atoms with van der Waals surface area (Å²) >= 11 is 1.51. The Bertz CT molecular complexity index is 1690. The van der Waals surface area contributed by atoms with Gasteiger partial charge >= 0.3 is 12.1 Å². The number of nitrogens with zero attached hydrogens (tertiary/aromatic N) is 4. The van der Waals surface area contributed by atoms with Crippen LogP contribution in [0.15, 0.2) is 41.9 Å². The first kappa shape index (κ1) is 54.0. The van der Waals surface area contributed by atoms with E-state index in [4.69, 9.17) is 19.4 Å². The fourth-order valence-electron chi connectivity index (χ4n) is 8.17. The first-order valence-corrected chi connectivity index (χ1v) is 22.0. The second kappa shape index (κ2) is 25.2. The predicted molar refractivity (Wildman–Crippen MR) is 232 cm³/mol. The molecule has 3 N–H and O–H groups in total. The lowest BCUT2D eigenvalue weighted by atomic mass is 9.89. The van der Waals surface area contributed by atoms with Crippen molar-refractivity contribution in [3.05, 3.63) is 52.5 Å². The van der Waals surface area contributed by atoms with Crippen LogP contribution in [0.25, 0.3) is 0 Å². The molecule has 2 aromatic rings. The Morgan fingerprint density at radius 2 is 1.56 bits per heavy atom. The van der Waals surface area contributed by atoms with Crippen LogP contribution in [0.1, 0.15) is 90.8 Å². The number of methoxy groups -OCH3 is 2. The van der Waals surface area contributed by atoms with Crippen molar-refractivity contribution < 1.29 is 51.7 Å². The summed E-state index contributed by atoms with van der Waals surface area (Å²) in [4.78, 5) is 74.7. The van der Waals surface area contributed by atoms with Crippen LogP contribution in [-0.4, -0.2) is 139 Å². The minimum absolute atomic E-state index is 0.00751. The zero-order valence-corrected chi connectivity index (χ0v) is 39.1. The maximum atomic E-state index is 14.3. The molecule has 1 aromatic heterocycles. The second-order valence-corrected chi connectivity index (χ2v) is 17.8. The zero-order valence-electron chi connectivity index (χ0n) is 38.3. The molecule has 3 rings (SSSR count). The smallest absolute Gasteiger partial charge is 0.475 e. The van der Waals surface area contributed by atoms with Gasteiger partial charge < -0.3 is 35.0 Å². The van der Waals surface area contributed by atoms with Crippen molar-refractivity contribution in [2.24, 2.45) is 23.7 Å². The van der Waals surface area contributed by atoms with Gasteiger partial charge in [-0.2, -0.15) is 13.2 Å². The van der Waals surface area contributed by atoms with Crippen LogP contribution in [0.2, 0.25) is 0 Å². The molecule has 18 heteroatoms. The topological polar surface area (TPSA) is 171 Å². The number of likely N-dealkylation sites (tertiary alicyclic amines) is 1. The molecule has 2 heterocycles. The van der Waals surface area contributed by atoms with Gasteiger partial charge in [0, 0.05) is 39.4 Å². The summed E-state index contributed by atoms with van der Waals surface area (Å²) in [5.74, 6) is -4.11. The highest BCUT2D eigenvalue weighted by atomic mass is 32.1. The number of nitrogens with one attached hydrogen (secondary N) is 2. The maximum Gasteiger partial charge on any atom is 0.490 e. The molecule has 14 nitrogen and oxygen atoms in total. The predicted octanol–water partition coefficient (Wildman–Crippen LogP) is 5.82. The van der Waals surface area contributed by atoms with Gasteiger partial charge in [0.1, 0.15) is 11.0 Å². The number of alkyl halides is 3. The number of benzene rings is 1. The molecule has 1 fully saturated rings. The van der Waals surface area contributed by atoms with Gasteiger partial charge in [0.25, 0.3) is 0 Å². The number of amides is 4. The Hall–Kier alpha value is -4.13. The third kappa shape index (κ3) is 15.3. The van der Waals surface area contributed by atoms with Crippen molar-refractivity contribution in [2.45, 2.75) is 129 Å². The lowest BCUT2D eigenvalue weighted by molar-refractivity contribution is -0.192. The first-order valence-electron chi connectivity index (χ1n) is 21.1. The van der Waals surface area contributed by atoms with Gasteiger partial charge in [0.15, 0.2) is 0 Å². The largest absolute Gasteiger partial charge is 0.490 e. The Balaban J connectivity index is 0.00000173. The number of carboxylic acid groups (broad SMARTS) is 1. The van der Waals surface area contributed by atoms with Crippen molar-refractivity contribution in [1.82, 2.24) is 30.3 Å². The molecule has 1 saturated heterocycles. The van der Waals surface area contributed by atoms with Gasteiger partial charge in [0.05, 0.1) is 48.7 Å². The Morgan fingerprint density at radius 3 is 2.03 bits per heavy atom. The lowest BCUT2D eigenvalue weighted by Crippen LogP contribution is -2.59. The fourth-order valence-corrected chi connectivity index (χ4v) is 8.86. The third-order valence-corrected chi connectivity index (χ3v) is 12.4. The van der Waals surface area contributed by atoms with E-state index < -0.39 is 42.4 Å². The van der Waals surface area contributed by atoms with Gasteiger partial charge in [-0.05, 0) is 56.7 Å². The van der Waals surface area contributed by atoms with Gasteiger partial charge in [-0.3, -0.25) is 24.1 Å². The Morgan fingerprint density at radius 1 is 0.952 bits per heavy atom. The number of rotatable bonds is 21. The number of ether oxygens (including phenoxy) is 2. The summed E-state index contributed by atoms with van der Waals surface area (Å²) in [6, 6.07) is 7.83. The zero-order chi connectivity index (χ0) is 47.1. The van der Waals surface area contributed by atoms with Gasteiger partial charge in [-0.25, -0.2) is 9.78 Å². The molecule has 4 amide bonds. The van der Waals surface area contributed by atoms with Gasteiger partial charge in [-0.15, -0.1) is 11.3 Å². The molecule has 9 atom stereocenters. The van der Waals surface area contributed by atoms with Crippen molar-refractivity contribution in [2.75, 3.05) is 41.9 Å². The van der Waals surface area contributed by atoms with E-state index in [1.165, 1.54) is 11.3 Å². The van der Waals surface area contributed by atoms with Crippen LogP contribution in [0.5, 0.6) is 0 Å². The van der Waals surface area contributed by atoms with E-state index >= 15 is 0 Å². The summed E-state index contributed by atoms with van der Waals surface area (Å²) in [6.07, 6.45) is -1.60. The molecule has 1 aromatic carbocycles. The molecule has 0 bridgehead atoms. The van der Waals surface area contributed by atoms with Crippen LogP contribution < -0.4 is 10.6 Å². The summed E-state index contributed by atoms with van der Waals surface area (Å²) in [7, 11) is 8.66. The third-order valence-electron chi connectivity index (χ3n) is 11.5. The van der Waals surface area contributed by atoms with Crippen LogP contribution in [0.3, 0.4) is 0 Å². The number of thiazole rings is 1. The standard InChI is InChI=1S/C42H68N6O6S.C2HF3O2/c1-13-28(6)37(47(10)42(52)35(26(2)3)45-40(51)36(27(4)5)46(8)9)33(53-11)25-34(49)48-22-17-20-32(48)38(54-12)29(7)39(50)44-31(41-43-21-23-55-41)24-30-18-15-14-16-19-30;3-2(4,5)1(6)7/h14-16,18-19,21,23,26-29,31-33,35-38H,13,17,20,22,24-25H2,1-12H3,(H,44,50)(H,45,51);(H,6,7). The van der Waals surface area contributed by atoms with E-state index in [-0.39, 0.29) is 65.9 Å². The van der Waals surface area contributed by atoms with Gasteiger partial charge in [-0.1, -0.05) is 85.2 Å². The molecule has 1 aliphatic rings. The quantitative estimate of drug-likeness (QED) is 0.139. The van der Waals surface area contributed by atoms with E-state index in [9.17, 15) is 32.3 Å². The molecule has 62 heavy (non-hydrogen) atoms. The number of carboxylic acids is 1. The van der Waals surface area contributed by atoms with E-state index in [2.05, 4.69) is 29.5 Å². The minimum atomic E-state index is -5.08. The number of carbonyl (C=O) groups excluding carboxylic acids is 4. The van der Waals surface area contributed by atoms with Crippen molar-refractivity contribution in [3.63, 3.8) is 0 Å². The van der Waals surface area contributed by atoms with E-state index in [0.29, 0.717) is 19.4 Å². The highest BCUT2D eigenvalue weighted by Crippen LogP contribution is 2.31. The first-order chi connectivity index (χ1) is 29.0. The minimum Gasteiger partial charge on any atom is -0.475 e. The van der Waals surface area contributed by atoms with E-state index in [1.807, 2.05) is 94.2 Å². The van der Waals surface area contributed by atoms with Crippen LogP contribution >= 0.6 is 11.3 Å². The molecule has 0 radical (unpaired) electrons. The molecular weight excluding hydrogens is 830 g/mol. The monoisotopic (exact) mass is 898 g/mol. The average molecular weight is 899 g/mol. The fraction of sp³-hybridized carbons (Fsp3) is 0.682. The Labute approximate surface area is 369 Å². The van der Waals surface area contributed by atoms with Crippen LogP contribution in [0.4, 0.5) is 13.2 Å². The highest BCUT2D eigenvalue weighted by Gasteiger charge is 2.43. The van der Waals surface area contributed by atoms with E-state index in [1.54, 1.807) is 32.4 Å². The van der Waals surface area contributed by atoms with Crippen LogP contribution in [0, 0.1) is 23.7 Å². The normalized spacial score (nSPS) is 18.2. The molecule has 0 spiro atoms. The SMILES string of the molecule is CCC(C)C(C(CC(=O)N1CCCC1C(OC)C(C)C(=O)NC(Cc1ccccc1)c1nccs1)OC)N(C)C(=O)C(NC(=O)C(C(C)C)N(C)C)C(C)C.O=C(O)C(F)(F)F. The number of hydrogen-bond acceptors (Lipinski definition) is 10. The molecule has 9 unspecified atom stereocenters. The van der Waals surface area contributed by atoms with Crippen molar-refractivity contribution >= 4 is 40.9 Å². The van der Waals surface area contributed by atoms with Crippen molar-refractivity contribution in [3.8, 4) is 0 Å². The lowest BCUT2D eigenvalue weighted by Gasteiger charge is -2.41. The maximum absolute atomic E-state index is 14.3. The number of halogens is 3. The summed E-state index contributed by atoms with van der Waals surface area (Å²) < 4.78 is 43.8. The van der Waals surface area contributed by atoms with E-state index in [0.717, 1.165) is 23.4 Å². The molecule has 1 aliphatic heterocycles. The van der Waals surface area contributed by atoms with Gasteiger partial charge in [0.2, 0.25) is 23.6 Å². The summed E-state index contributed by atoms with van der Waals surface area (Å²) in [5, 5.41) is 16.1. The number of hydrogen-bond donors (Lipinski definition) is 3. The summed E-state index contributed by atoms with van der Waals surface area (Å²) in [5.41, 5.74) is 1.09. The molecular formula is C44H69F3N6O8S. The average Bonchev–Trinajstić information content (AvgIpc) is 3.93. The Kier molecular flexibility index (Phi) is 22.0. The van der Waals surface area contributed by atoms with Crippen LogP contribution in [-0.2, 0) is 39.9 Å². The second-order valence-electron chi connectivity index (χ2n) is 16.9. The highest BCUT2D eigenvalue weighted by molar-refractivity contribution is 7.09. The molecule has 350 valence electrons. The number of aliphatic carboxylic acids is 1. The van der Waals surface area contributed by atoms with Crippen molar-refractivity contribution in [1.29, 1.82) is 0 Å². The molecule has 0 aliphatic carbocycles. The molecule has 0 saturated carbocycles. The number of aromatic nitrogens is 1. The number of carbonyl (C=O) groups is 5. The number of likely N-dealkylation sites (N-methyl/N-ethyl adjacent to an activating group) is 2. The summed E-state index contributed by atoms with van der Waals surface area (Å²) in [6.45, 7) is 14.3.